The number of hydrogen-bond donors (Lipinski definition) is 2. The van der Waals surface area contributed by atoms with Crippen molar-refractivity contribution in [2.24, 2.45) is 5.73 Å². The van der Waals surface area contributed by atoms with E-state index < -0.39 is 39.8 Å². The van der Waals surface area contributed by atoms with Gasteiger partial charge in [-0.3, -0.25) is 14.4 Å². The Morgan fingerprint density at radius 3 is 2.15 bits per heavy atom. The van der Waals surface area contributed by atoms with E-state index in [0.29, 0.717) is 26.7 Å². The lowest BCUT2D eigenvalue weighted by Gasteiger charge is -2.35. The Bertz CT molecular complexity index is 2350. The highest BCUT2D eigenvalue weighted by atomic mass is 32.2. The number of para-hydroxylation sites is 1. The van der Waals surface area contributed by atoms with Crippen molar-refractivity contribution in [1.82, 2.24) is 14.2 Å². The number of benzene rings is 4. The van der Waals surface area contributed by atoms with Crippen LogP contribution in [0.5, 0.6) is 5.75 Å². The third-order valence-corrected chi connectivity index (χ3v) is 11.8. The van der Waals surface area contributed by atoms with Gasteiger partial charge in [-0.2, -0.15) is 11.3 Å². The molecule has 0 fully saturated rings. The number of nitrogens with zero attached hydrogens (tertiary/aromatic N) is 2. The molecule has 0 saturated heterocycles. The van der Waals surface area contributed by atoms with Crippen LogP contribution < -0.4 is 10.5 Å². The standard InChI is InChI=1S/C41H40N4O6S2/c1-26-19-27(2)21-31(20-26)40(47)44(3)38(22-28-9-11-29(12-10-28)30-17-18-52-25-30)41(48)45(53(49,50)34-15-13-33(51-4)14-16-34)37(39(42)46)23-32-24-43-36-8-6-5-7-35(32)36/h5-21,24-25,37-38,43H,22-23H2,1-4H3,(H2,42,46)/t37-,38-/m0/s1. The second kappa shape index (κ2) is 15.5. The van der Waals surface area contributed by atoms with Gasteiger partial charge in [-0.25, -0.2) is 12.7 Å². The molecule has 3 N–H and O–H groups in total. The smallest absolute Gasteiger partial charge is 0.267 e. The Balaban J connectivity index is 1.48. The second-order valence-electron chi connectivity index (χ2n) is 13.0. The monoisotopic (exact) mass is 748 g/mol. The fourth-order valence-electron chi connectivity index (χ4n) is 6.57. The Labute approximate surface area is 312 Å². The summed E-state index contributed by atoms with van der Waals surface area (Å²) in [5.74, 6) is -2.09. The van der Waals surface area contributed by atoms with E-state index in [0.717, 1.165) is 33.2 Å². The van der Waals surface area contributed by atoms with E-state index in [1.807, 2.05) is 85.3 Å². The molecule has 53 heavy (non-hydrogen) atoms. The van der Waals surface area contributed by atoms with Gasteiger partial charge in [0.1, 0.15) is 17.8 Å². The van der Waals surface area contributed by atoms with Crippen molar-refractivity contribution in [1.29, 1.82) is 0 Å². The molecule has 2 atom stereocenters. The fourth-order valence-corrected chi connectivity index (χ4v) is 8.82. The number of sulfonamides is 1. The number of fused-ring (bicyclic) bond motifs is 1. The summed E-state index contributed by atoms with van der Waals surface area (Å²) in [7, 11) is -1.84. The van der Waals surface area contributed by atoms with Crippen LogP contribution in [-0.4, -0.2) is 66.6 Å². The molecule has 6 aromatic rings. The summed E-state index contributed by atoms with van der Waals surface area (Å²) in [6.45, 7) is 3.74. The predicted molar refractivity (Wildman–Crippen MR) is 207 cm³/mol. The molecule has 0 spiro atoms. The van der Waals surface area contributed by atoms with Crippen LogP contribution in [0.15, 0.2) is 119 Å². The lowest BCUT2D eigenvalue weighted by molar-refractivity contribution is -0.137. The SMILES string of the molecule is COc1ccc(S(=O)(=O)N(C(=O)[C@H](Cc2ccc(-c3ccsc3)cc2)N(C)C(=O)c2cc(C)cc(C)c2)[C@@H](Cc2c[nH]c3ccccc23)C(N)=O)cc1. The molecular formula is C41H40N4O6S2. The maximum Gasteiger partial charge on any atom is 0.267 e. The second-order valence-corrected chi connectivity index (χ2v) is 15.6. The van der Waals surface area contributed by atoms with Crippen LogP contribution >= 0.6 is 11.3 Å². The fraction of sp³-hybridized carbons (Fsp3) is 0.195. The number of ether oxygens (including phenoxy) is 1. The van der Waals surface area contributed by atoms with E-state index >= 15 is 4.79 Å². The van der Waals surface area contributed by atoms with Gasteiger partial charge in [-0.15, -0.1) is 0 Å². The minimum Gasteiger partial charge on any atom is -0.497 e. The highest BCUT2D eigenvalue weighted by Crippen LogP contribution is 2.29. The topological polar surface area (TPSA) is 143 Å². The molecule has 0 unspecified atom stereocenters. The summed E-state index contributed by atoms with van der Waals surface area (Å²) in [5, 5.41) is 4.75. The minimum absolute atomic E-state index is 0.0526. The minimum atomic E-state index is -4.76. The molecule has 10 nitrogen and oxygen atoms in total. The van der Waals surface area contributed by atoms with Crippen LogP contribution in [0, 0.1) is 13.8 Å². The van der Waals surface area contributed by atoms with Crippen molar-refractivity contribution >= 4 is 50.0 Å². The molecular weight excluding hydrogens is 709 g/mol. The number of primary amides is 1. The first-order valence-electron chi connectivity index (χ1n) is 16.9. The number of nitrogens with two attached hydrogens (primary N) is 1. The number of aryl methyl sites for hydroxylation is 2. The van der Waals surface area contributed by atoms with Gasteiger partial charge in [0.25, 0.3) is 21.8 Å². The van der Waals surface area contributed by atoms with Crippen molar-refractivity contribution in [3.63, 3.8) is 0 Å². The van der Waals surface area contributed by atoms with Gasteiger partial charge in [0.05, 0.1) is 12.0 Å². The molecule has 0 aliphatic heterocycles. The van der Waals surface area contributed by atoms with Gasteiger partial charge in [-0.05, 0) is 95.4 Å². The molecule has 6 rings (SSSR count). The molecule has 0 aliphatic rings. The quantitative estimate of drug-likeness (QED) is 0.138. The number of H-pyrrole nitrogens is 1. The zero-order chi connectivity index (χ0) is 37.9. The van der Waals surface area contributed by atoms with Crippen molar-refractivity contribution in [2.75, 3.05) is 14.2 Å². The largest absolute Gasteiger partial charge is 0.497 e. The summed E-state index contributed by atoms with van der Waals surface area (Å²) < 4.78 is 35.3. The first-order valence-corrected chi connectivity index (χ1v) is 19.3. The lowest BCUT2D eigenvalue weighted by Crippen LogP contribution is -2.58. The van der Waals surface area contributed by atoms with Crippen LogP contribution in [0.1, 0.15) is 32.6 Å². The zero-order valence-electron chi connectivity index (χ0n) is 29.8. The van der Waals surface area contributed by atoms with Crippen molar-refractivity contribution < 1.29 is 27.5 Å². The predicted octanol–water partition coefficient (Wildman–Crippen LogP) is 6.52. The number of carbonyl (C=O) groups excluding carboxylic acids is 3. The number of nitrogens with one attached hydrogen (secondary N) is 1. The molecule has 3 amide bonds. The number of hydrogen-bond acceptors (Lipinski definition) is 7. The zero-order valence-corrected chi connectivity index (χ0v) is 31.4. The lowest BCUT2D eigenvalue weighted by atomic mass is 9.99. The molecule has 4 aromatic carbocycles. The molecule has 2 heterocycles. The molecule has 0 bridgehead atoms. The third-order valence-electron chi connectivity index (χ3n) is 9.31. The van der Waals surface area contributed by atoms with Crippen molar-refractivity contribution in [3.05, 3.63) is 142 Å². The number of likely N-dealkylation sites (N-methyl/N-ethyl adjacent to an activating group) is 1. The number of amides is 3. The van der Waals surface area contributed by atoms with Gasteiger partial charge in [0.2, 0.25) is 5.91 Å². The normalized spacial score (nSPS) is 12.6. The summed E-state index contributed by atoms with van der Waals surface area (Å²) in [5.41, 5.74) is 12.1. The van der Waals surface area contributed by atoms with Crippen LogP contribution in [0.4, 0.5) is 0 Å². The van der Waals surface area contributed by atoms with E-state index in [9.17, 15) is 18.0 Å². The van der Waals surface area contributed by atoms with Crippen LogP contribution in [0.3, 0.4) is 0 Å². The van der Waals surface area contributed by atoms with E-state index in [4.69, 9.17) is 10.5 Å². The average Bonchev–Trinajstić information content (AvgIpc) is 3.84. The Morgan fingerprint density at radius 1 is 0.849 bits per heavy atom. The van der Waals surface area contributed by atoms with Gasteiger partial charge < -0.3 is 20.4 Å². The number of aromatic nitrogens is 1. The molecule has 0 saturated carbocycles. The van der Waals surface area contributed by atoms with E-state index in [-0.39, 0.29) is 17.7 Å². The average molecular weight is 749 g/mol. The van der Waals surface area contributed by atoms with Crippen LogP contribution in [0.2, 0.25) is 0 Å². The van der Waals surface area contributed by atoms with E-state index in [1.54, 1.807) is 29.7 Å². The van der Waals surface area contributed by atoms with Crippen molar-refractivity contribution in [2.45, 2.75) is 43.7 Å². The summed E-state index contributed by atoms with van der Waals surface area (Å²) in [4.78, 5) is 47.0. The van der Waals surface area contributed by atoms with Gasteiger partial charge in [-0.1, -0.05) is 59.7 Å². The van der Waals surface area contributed by atoms with E-state index in [2.05, 4.69) is 4.98 Å². The maximum atomic E-state index is 15.2. The highest BCUT2D eigenvalue weighted by molar-refractivity contribution is 7.89. The Hall–Kier alpha value is -5.72. The summed E-state index contributed by atoms with van der Waals surface area (Å²) in [6.07, 6.45) is 1.41. The first-order chi connectivity index (χ1) is 25.4. The number of aromatic amines is 1. The number of carbonyl (C=O) groups is 3. The Kier molecular flexibility index (Phi) is 10.8. The molecule has 0 radical (unpaired) electrons. The van der Waals surface area contributed by atoms with Gasteiger partial charge in [0, 0.05) is 42.6 Å². The summed E-state index contributed by atoms with van der Waals surface area (Å²) in [6, 6.07) is 24.8. The van der Waals surface area contributed by atoms with Gasteiger partial charge >= 0.3 is 0 Å². The van der Waals surface area contributed by atoms with Crippen molar-refractivity contribution in [3.8, 4) is 16.9 Å². The first kappa shape index (κ1) is 37.1. The molecule has 0 aliphatic carbocycles. The number of rotatable bonds is 13. The molecule has 272 valence electrons. The number of methoxy groups -OCH3 is 1. The van der Waals surface area contributed by atoms with Crippen LogP contribution in [-0.2, 0) is 32.5 Å². The third kappa shape index (κ3) is 7.88. The maximum absolute atomic E-state index is 15.2. The highest BCUT2D eigenvalue weighted by Gasteiger charge is 2.44. The van der Waals surface area contributed by atoms with Crippen LogP contribution in [0.25, 0.3) is 22.0 Å². The van der Waals surface area contributed by atoms with Gasteiger partial charge in [0.15, 0.2) is 0 Å². The number of thiophene rings is 1. The molecule has 12 heteroatoms. The van der Waals surface area contributed by atoms with E-state index in [1.165, 1.54) is 43.3 Å². The Morgan fingerprint density at radius 2 is 1.53 bits per heavy atom. The molecule has 2 aromatic heterocycles. The summed E-state index contributed by atoms with van der Waals surface area (Å²) >= 11 is 1.57.